The van der Waals surface area contributed by atoms with Crippen LogP contribution >= 0.6 is 15.9 Å². The van der Waals surface area contributed by atoms with E-state index in [0.717, 1.165) is 32.0 Å². The van der Waals surface area contributed by atoms with Gasteiger partial charge in [-0.25, -0.2) is 5.43 Å². The van der Waals surface area contributed by atoms with Crippen molar-refractivity contribution in [3.63, 3.8) is 0 Å². The number of nitrogens with one attached hydrogen (secondary N) is 2. The lowest BCUT2D eigenvalue weighted by Gasteiger charge is -2.01. The Morgan fingerprint density at radius 3 is 2.96 bits per heavy atom. The zero-order valence-corrected chi connectivity index (χ0v) is 15.7. The van der Waals surface area contributed by atoms with E-state index in [1.807, 2.05) is 37.3 Å². The molecule has 0 atom stereocenters. The van der Waals surface area contributed by atoms with Crippen molar-refractivity contribution in [2.45, 2.75) is 6.92 Å². The van der Waals surface area contributed by atoms with E-state index < -0.39 is 0 Å². The molecule has 0 unspecified atom stereocenters. The highest BCUT2D eigenvalue weighted by Gasteiger charge is 2.15. The first-order valence-corrected chi connectivity index (χ1v) is 8.98. The maximum Gasteiger partial charge on any atom is 0.265 e. The fourth-order valence-corrected chi connectivity index (χ4v) is 3.41. The minimum atomic E-state index is 0.226. The Hall–Kier alpha value is -3.20. The number of ether oxygens (including phenoxy) is 2. The minimum absolute atomic E-state index is 0.226. The van der Waals surface area contributed by atoms with Gasteiger partial charge in [0.25, 0.3) is 5.95 Å². The Kier molecular flexibility index (Phi) is 3.68. The number of halogens is 1. The highest BCUT2D eigenvalue weighted by Crippen LogP contribution is 2.36. The molecule has 5 rings (SSSR count). The van der Waals surface area contributed by atoms with E-state index in [1.54, 1.807) is 6.21 Å². The first-order chi connectivity index (χ1) is 13.2. The van der Waals surface area contributed by atoms with Crippen molar-refractivity contribution in [1.29, 1.82) is 0 Å². The first kappa shape index (κ1) is 16.0. The summed E-state index contributed by atoms with van der Waals surface area (Å²) in [7, 11) is 0. The SMILES string of the molecule is Cc1cccc2c1[nH]c1nc(N/N=C\c3cc4c(cc3Br)OCO4)nnc12. The highest BCUT2D eigenvalue weighted by atomic mass is 79.9. The van der Waals surface area contributed by atoms with Gasteiger partial charge in [0.2, 0.25) is 6.79 Å². The van der Waals surface area contributed by atoms with Crippen molar-refractivity contribution >= 4 is 50.2 Å². The molecule has 0 aliphatic carbocycles. The molecule has 9 heteroatoms. The van der Waals surface area contributed by atoms with E-state index in [9.17, 15) is 0 Å². The molecule has 27 heavy (non-hydrogen) atoms. The van der Waals surface area contributed by atoms with Crippen LogP contribution in [0.1, 0.15) is 11.1 Å². The van der Waals surface area contributed by atoms with Crippen LogP contribution in [0.5, 0.6) is 11.5 Å². The van der Waals surface area contributed by atoms with Gasteiger partial charge in [0.15, 0.2) is 17.1 Å². The molecular formula is C18H13BrN6O2. The summed E-state index contributed by atoms with van der Waals surface area (Å²) >= 11 is 3.49. The lowest BCUT2D eigenvalue weighted by Crippen LogP contribution is -1.99. The molecular weight excluding hydrogens is 412 g/mol. The molecule has 2 aromatic carbocycles. The van der Waals surface area contributed by atoms with Crippen molar-refractivity contribution in [2.24, 2.45) is 5.10 Å². The maximum absolute atomic E-state index is 5.38. The third-order valence-corrected chi connectivity index (χ3v) is 5.00. The number of benzene rings is 2. The predicted molar refractivity (Wildman–Crippen MR) is 105 cm³/mol. The molecule has 0 radical (unpaired) electrons. The Morgan fingerprint density at radius 2 is 2.07 bits per heavy atom. The van der Waals surface area contributed by atoms with Crippen LogP contribution in [0.2, 0.25) is 0 Å². The molecule has 0 fully saturated rings. The molecule has 0 bridgehead atoms. The van der Waals surface area contributed by atoms with E-state index in [-0.39, 0.29) is 6.79 Å². The Labute approximate surface area is 161 Å². The van der Waals surface area contributed by atoms with E-state index in [2.05, 4.69) is 46.6 Å². The van der Waals surface area contributed by atoms with Crippen LogP contribution in [0.15, 0.2) is 39.9 Å². The number of H-pyrrole nitrogens is 1. The van der Waals surface area contributed by atoms with Gasteiger partial charge in [0.05, 0.1) is 11.7 Å². The summed E-state index contributed by atoms with van der Waals surface area (Å²) in [6, 6.07) is 9.73. The third kappa shape index (κ3) is 2.76. The number of aromatic nitrogens is 4. The number of fused-ring (bicyclic) bond motifs is 4. The second-order valence-electron chi connectivity index (χ2n) is 6.05. The van der Waals surface area contributed by atoms with Crippen molar-refractivity contribution < 1.29 is 9.47 Å². The number of nitrogens with zero attached hydrogens (tertiary/aromatic N) is 4. The zero-order chi connectivity index (χ0) is 18.4. The van der Waals surface area contributed by atoms with Gasteiger partial charge in [0, 0.05) is 15.4 Å². The van der Waals surface area contributed by atoms with Gasteiger partial charge in [0.1, 0.15) is 5.52 Å². The number of anilines is 1. The summed E-state index contributed by atoms with van der Waals surface area (Å²) in [5, 5.41) is 13.6. The van der Waals surface area contributed by atoms with E-state index in [4.69, 9.17) is 9.47 Å². The molecule has 2 aromatic heterocycles. The average molecular weight is 425 g/mol. The molecule has 0 saturated carbocycles. The van der Waals surface area contributed by atoms with Crippen LogP contribution < -0.4 is 14.9 Å². The average Bonchev–Trinajstić information content (AvgIpc) is 3.26. The van der Waals surface area contributed by atoms with Gasteiger partial charge in [-0.2, -0.15) is 10.1 Å². The Bertz CT molecular complexity index is 1220. The van der Waals surface area contributed by atoms with Crippen LogP contribution in [0, 0.1) is 6.92 Å². The molecule has 8 nitrogen and oxygen atoms in total. The Morgan fingerprint density at radius 1 is 1.22 bits per heavy atom. The topological polar surface area (TPSA) is 97.3 Å². The fraction of sp³-hybridized carbons (Fsp3) is 0.111. The van der Waals surface area contributed by atoms with Crippen molar-refractivity contribution in [3.05, 3.63) is 45.9 Å². The lowest BCUT2D eigenvalue weighted by molar-refractivity contribution is 0.174. The lowest BCUT2D eigenvalue weighted by atomic mass is 10.1. The number of aryl methyl sites for hydroxylation is 1. The summed E-state index contributed by atoms with van der Waals surface area (Å²) in [6.45, 7) is 2.27. The largest absolute Gasteiger partial charge is 0.454 e. The molecule has 4 aromatic rings. The van der Waals surface area contributed by atoms with E-state index in [1.165, 1.54) is 0 Å². The predicted octanol–water partition coefficient (Wildman–Crippen LogP) is 3.75. The number of rotatable bonds is 3. The third-order valence-electron chi connectivity index (χ3n) is 4.32. The Balaban J connectivity index is 1.42. The van der Waals surface area contributed by atoms with Gasteiger partial charge in [-0.15, -0.1) is 10.2 Å². The molecule has 0 spiro atoms. The molecule has 2 N–H and O–H groups in total. The van der Waals surface area contributed by atoms with Gasteiger partial charge >= 0.3 is 0 Å². The van der Waals surface area contributed by atoms with Crippen LogP contribution in [-0.2, 0) is 0 Å². The normalized spacial score (nSPS) is 13.1. The summed E-state index contributed by atoms with van der Waals surface area (Å²) in [5.41, 5.74) is 7.19. The van der Waals surface area contributed by atoms with Crippen molar-refractivity contribution in [3.8, 4) is 11.5 Å². The monoisotopic (exact) mass is 424 g/mol. The van der Waals surface area contributed by atoms with Gasteiger partial charge in [-0.3, -0.25) is 0 Å². The molecule has 1 aliphatic rings. The first-order valence-electron chi connectivity index (χ1n) is 8.19. The summed E-state index contributed by atoms with van der Waals surface area (Å²) < 4.78 is 11.6. The van der Waals surface area contributed by atoms with Gasteiger partial charge in [-0.05, 0) is 40.5 Å². The molecule has 134 valence electrons. The van der Waals surface area contributed by atoms with Crippen LogP contribution in [0.4, 0.5) is 5.95 Å². The van der Waals surface area contributed by atoms with Gasteiger partial charge < -0.3 is 14.5 Å². The van der Waals surface area contributed by atoms with Gasteiger partial charge in [-0.1, -0.05) is 18.2 Å². The molecule has 3 heterocycles. The zero-order valence-electron chi connectivity index (χ0n) is 14.2. The number of aromatic amines is 1. The van der Waals surface area contributed by atoms with Crippen LogP contribution in [0.3, 0.4) is 0 Å². The van der Waals surface area contributed by atoms with Crippen LogP contribution in [0.25, 0.3) is 22.1 Å². The maximum atomic E-state index is 5.38. The number of hydrogen-bond acceptors (Lipinski definition) is 7. The summed E-state index contributed by atoms with van der Waals surface area (Å²) in [6.07, 6.45) is 1.65. The van der Waals surface area contributed by atoms with E-state index >= 15 is 0 Å². The number of hydrogen-bond donors (Lipinski definition) is 2. The standard InChI is InChI=1S/C18H13BrN6O2/c1-9-3-2-4-11-15(9)21-17-16(11)23-25-18(22-17)24-20-7-10-5-13-14(6-12(10)19)27-8-26-13/h2-7H,8H2,1H3,(H2,21,22,24,25)/b20-7-. The van der Waals surface area contributed by atoms with Crippen LogP contribution in [-0.4, -0.2) is 33.2 Å². The van der Waals surface area contributed by atoms with Crippen molar-refractivity contribution in [1.82, 2.24) is 20.2 Å². The smallest absolute Gasteiger partial charge is 0.265 e. The second-order valence-corrected chi connectivity index (χ2v) is 6.91. The highest BCUT2D eigenvalue weighted by molar-refractivity contribution is 9.10. The number of para-hydroxylation sites is 1. The summed E-state index contributed by atoms with van der Waals surface area (Å²) in [4.78, 5) is 7.74. The minimum Gasteiger partial charge on any atom is -0.454 e. The second kappa shape index (κ2) is 6.20. The summed E-state index contributed by atoms with van der Waals surface area (Å²) in [5.74, 6) is 1.70. The quantitative estimate of drug-likeness (QED) is 0.383. The number of hydrazone groups is 1. The molecule has 0 amide bonds. The van der Waals surface area contributed by atoms with Crippen molar-refractivity contribution in [2.75, 3.05) is 12.2 Å². The molecule has 1 aliphatic heterocycles. The molecule has 0 saturated heterocycles. The van der Waals surface area contributed by atoms with E-state index in [0.29, 0.717) is 23.1 Å². The fourth-order valence-electron chi connectivity index (χ4n) is 2.98.